The van der Waals surface area contributed by atoms with Crippen LogP contribution in [0.4, 0.5) is 0 Å². The third kappa shape index (κ3) is 2.53. The Hall–Kier alpha value is -4.04. The zero-order chi connectivity index (χ0) is 21.1. The molecule has 0 aliphatic heterocycles. The number of fused-ring (bicyclic) bond motifs is 6. The number of nitrogens with zero attached hydrogens (tertiary/aromatic N) is 1. The first-order chi connectivity index (χ1) is 15.9. The van der Waals surface area contributed by atoms with Crippen LogP contribution < -0.4 is 0 Å². The Morgan fingerprint density at radius 2 is 1.41 bits per heavy atom. The summed E-state index contributed by atoms with van der Waals surface area (Å²) < 4.78 is 2.46. The van der Waals surface area contributed by atoms with Crippen molar-refractivity contribution in [1.29, 1.82) is 0 Å². The first kappa shape index (κ1) is 17.6. The minimum atomic E-state index is 1.08. The van der Waals surface area contributed by atoms with Gasteiger partial charge < -0.3 is 9.55 Å². The quantitative estimate of drug-likeness (QED) is 0.300. The van der Waals surface area contributed by atoms with Gasteiger partial charge in [0.05, 0.1) is 5.52 Å². The fourth-order valence-corrected chi connectivity index (χ4v) is 5.31. The zero-order valence-corrected chi connectivity index (χ0v) is 17.7. The molecule has 0 saturated heterocycles. The lowest BCUT2D eigenvalue weighted by Crippen LogP contribution is -2.02. The van der Waals surface area contributed by atoms with Crippen LogP contribution in [-0.2, 0) is 6.42 Å². The molecular weight excluding hydrogens is 388 g/mol. The van der Waals surface area contributed by atoms with Crippen molar-refractivity contribution in [2.45, 2.75) is 12.8 Å². The van der Waals surface area contributed by atoms with E-state index in [4.69, 9.17) is 0 Å². The Bertz CT molecular complexity index is 1660. The number of H-pyrrole nitrogens is 1. The van der Waals surface area contributed by atoms with Crippen LogP contribution in [0.25, 0.3) is 55.6 Å². The van der Waals surface area contributed by atoms with Gasteiger partial charge in [-0.2, -0.15) is 0 Å². The summed E-state index contributed by atoms with van der Waals surface area (Å²) in [7, 11) is 0. The highest BCUT2D eigenvalue weighted by atomic mass is 15.0. The average molecular weight is 411 g/mol. The van der Waals surface area contributed by atoms with Crippen molar-refractivity contribution in [2.24, 2.45) is 0 Å². The number of allylic oxidation sites excluding steroid dienone is 1. The minimum Gasteiger partial charge on any atom is -0.354 e. The lowest BCUT2D eigenvalue weighted by molar-refractivity contribution is 0.888. The van der Waals surface area contributed by atoms with Gasteiger partial charge in [-0.3, -0.25) is 0 Å². The summed E-state index contributed by atoms with van der Waals surface area (Å²) in [5, 5.41) is 3.89. The fraction of sp³-hybridized carbons (Fsp3) is 0.0667. The van der Waals surface area contributed by atoms with Crippen LogP contribution in [0, 0.1) is 0 Å². The van der Waals surface area contributed by atoms with Crippen molar-refractivity contribution < 1.29 is 0 Å². The summed E-state index contributed by atoms with van der Waals surface area (Å²) in [5.41, 5.74) is 10.1. The smallest absolute Gasteiger partial charge is 0.0543 e. The second-order valence-electron chi connectivity index (χ2n) is 8.64. The van der Waals surface area contributed by atoms with Crippen LogP contribution in [0.3, 0.4) is 0 Å². The summed E-state index contributed by atoms with van der Waals surface area (Å²) in [6, 6.07) is 33.0. The summed E-state index contributed by atoms with van der Waals surface area (Å²) in [5.74, 6) is 0. The van der Waals surface area contributed by atoms with Crippen LogP contribution in [-0.4, -0.2) is 9.55 Å². The molecule has 1 aliphatic rings. The van der Waals surface area contributed by atoms with Gasteiger partial charge in [0.25, 0.3) is 0 Å². The molecule has 0 atom stereocenters. The van der Waals surface area contributed by atoms with Gasteiger partial charge >= 0.3 is 0 Å². The van der Waals surface area contributed by atoms with E-state index in [1.807, 2.05) is 0 Å². The van der Waals surface area contributed by atoms with E-state index >= 15 is 0 Å². The number of para-hydroxylation sites is 2. The fourth-order valence-electron chi connectivity index (χ4n) is 5.31. The lowest BCUT2D eigenvalue weighted by atomic mass is 9.99. The Kier molecular flexibility index (Phi) is 3.71. The van der Waals surface area contributed by atoms with Crippen molar-refractivity contribution in [3.05, 3.63) is 108 Å². The standard InChI is InChI=1S/C30H22N2/c1-2-8-22(9-3-1)32-29-13-7-5-11-25(29)26-17-15-21(19-30(26)32)20-14-16-24-23-10-4-6-12-27(23)31-28(24)18-20/h1-6,8-12,14-19,31H,7,13H2. The Labute approximate surface area is 186 Å². The first-order valence-electron chi connectivity index (χ1n) is 11.3. The molecule has 4 aromatic carbocycles. The topological polar surface area (TPSA) is 20.7 Å². The second-order valence-corrected chi connectivity index (χ2v) is 8.64. The third-order valence-corrected chi connectivity index (χ3v) is 6.80. The molecule has 0 fully saturated rings. The minimum absolute atomic E-state index is 1.08. The molecule has 6 aromatic rings. The largest absolute Gasteiger partial charge is 0.354 e. The highest BCUT2D eigenvalue weighted by molar-refractivity contribution is 6.08. The van der Waals surface area contributed by atoms with Gasteiger partial charge in [0, 0.05) is 44.1 Å². The van der Waals surface area contributed by atoms with E-state index in [-0.39, 0.29) is 0 Å². The number of aromatic amines is 1. The van der Waals surface area contributed by atoms with E-state index in [0.29, 0.717) is 0 Å². The van der Waals surface area contributed by atoms with Gasteiger partial charge in [0.1, 0.15) is 0 Å². The van der Waals surface area contributed by atoms with Crippen LogP contribution in [0.15, 0.2) is 97.1 Å². The third-order valence-electron chi connectivity index (χ3n) is 6.80. The van der Waals surface area contributed by atoms with Crippen LogP contribution in [0.1, 0.15) is 17.7 Å². The lowest BCUT2D eigenvalue weighted by Gasteiger charge is -2.13. The first-order valence-corrected chi connectivity index (χ1v) is 11.3. The number of benzene rings is 4. The highest BCUT2D eigenvalue weighted by Crippen LogP contribution is 2.37. The van der Waals surface area contributed by atoms with Gasteiger partial charge in [0.15, 0.2) is 0 Å². The van der Waals surface area contributed by atoms with E-state index in [9.17, 15) is 0 Å². The molecule has 0 spiro atoms. The monoisotopic (exact) mass is 410 g/mol. The predicted molar refractivity (Wildman–Crippen MR) is 135 cm³/mol. The molecule has 7 rings (SSSR count). The van der Waals surface area contributed by atoms with Crippen LogP contribution in [0.2, 0.25) is 0 Å². The van der Waals surface area contributed by atoms with Crippen molar-refractivity contribution in [2.75, 3.05) is 0 Å². The molecule has 1 aliphatic carbocycles. The summed E-state index contributed by atoms with van der Waals surface area (Å²) >= 11 is 0. The second kappa shape index (κ2) is 6.73. The maximum atomic E-state index is 3.59. The van der Waals surface area contributed by atoms with Crippen LogP contribution in [0.5, 0.6) is 0 Å². The number of nitrogens with one attached hydrogen (secondary N) is 1. The molecule has 0 saturated carbocycles. The number of hydrogen-bond acceptors (Lipinski definition) is 0. The summed E-state index contributed by atoms with van der Waals surface area (Å²) in [4.78, 5) is 3.59. The highest BCUT2D eigenvalue weighted by Gasteiger charge is 2.19. The molecule has 0 unspecified atom stereocenters. The van der Waals surface area contributed by atoms with Gasteiger partial charge in [0.2, 0.25) is 0 Å². The number of hydrogen-bond donors (Lipinski definition) is 1. The van der Waals surface area contributed by atoms with Crippen molar-refractivity contribution >= 4 is 38.8 Å². The predicted octanol–water partition coefficient (Wildman–Crippen LogP) is 7.89. The molecule has 0 radical (unpaired) electrons. The Morgan fingerprint density at radius 3 is 2.31 bits per heavy atom. The number of rotatable bonds is 2. The van der Waals surface area contributed by atoms with Gasteiger partial charge in [-0.15, -0.1) is 0 Å². The van der Waals surface area contributed by atoms with E-state index < -0.39 is 0 Å². The maximum absolute atomic E-state index is 3.59. The van der Waals surface area contributed by atoms with Crippen molar-refractivity contribution in [3.8, 4) is 16.8 Å². The van der Waals surface area contributed by atoms with Crippen LogP contribution >= 0.6 is 0 Å². The van der Waals surface area contributed by atoms with Crippen molar-refractivity contribution in [3.63, 3.8) is 0 Å². The van der Waals surface area contributed by atoms with E-state index in [0.717, 1.165) is 12.8 Å². The molecule has 32 heavy (non-hydrogen) atoms. The normalized spacial score (nSPS) is 13.2. The SMILES string of the molecule is C1=Cc2c(n(-c3ccccc3)c3cc(-c4ccc5c(c4)[nH]c4ccccc45)ccc23)CC1. The Morgan fingerprint density at radius 1 is 0.656 bits per heavy atom. The van der Waals surface area contributed by atoms with Gasteiger partial charge in [-0.05, 0) is 54.3 Å². The molecule has 2 nitrogen and oxygen atoms in total. The average Bonchev–Trinajstić information content (AvgIpc) is 3.39. The van der Waals surface area contributed by atoms with E-state index in [1.165, 1.54) is 60.8 Å². The van der Waals surface area contributed by atoms with E-state index in [2.05, 4.69) is 113 Å². The zero-order valence-electron chi connectivity index (χ0n) is 17.7. The van der Waals surface area contributed by atoms with E-state index in [1.54, 1.807) is 0 Å². The maximum Gasteiger partial charge on any atom is 0.0543 e. The summed E-state index contributed by atoms with van der Waals surface area (Å²) in [6.07, 6.45) is 6.78. The summed E-state index contributed by atoms with van der Waals surface area (Å²) in [6.45, 7) is 0. The van der Waals surface area contributed by atoms with Crippen molar-refractivity contribution in [1.82, 2.24) is 9.55 Å². The number of aromatic nitrogens is 2. The molecule has 0 bridgehead atoms. The Balaban J connectivity index is 1.46. The molecule has 0 amide bonds. The van der Waals surface area contributed by atoms with Gasteiger partial charge in [-0.25, -0.2) is 0 Å². The molecule has 2 aromatic heterocycles. The molecule has 152 valence electrons. The molecule has 1 N–H and O–H groups in total. The van der Waals surface area contributed by atoms with Gasteiger partial charge in [-0.1, -0.05) is 72.8 Å². The molecule has 2 heterocycles. The molecule has 2 heteroatoms. The molecular formula is C30H22N2.